The highest BCUT2D eigenvalue weighted by molar-refractivity contribution is 6.32. The topological polar surface area (TPSA) is 20.2 Å². The van der Waals surface area contributed by atoms with Gasteiger partial charge in [-0.2, -0.15) is 0 Å². The maximum Gasteiger partial charge on any atom is 0.139 e. The van der Waals surface area contributed by atoms with Crippen molar-refractivity contribution in [3.05, 3.63) is 29.8 Å². The van der Waals surface area contributed by atoms with Crippen LogP contribution in [-0.2, 0) is 6.42 Å². The minimum Gasteiger partial charge on any atom is -0.396 e. The maximum atomic E-state index is 8.58. The van der Waals surface area contributed by atoms with Crippen molar-refractivity contribution in [2.24, 2.45) is 0 Å². The molecule has 2 heteroatoms. The molecule has 0 atom stereocenters. The van der Waals surface area contributed by atoms with Crippen molar-refractivity contribution in [1.29, 1.82) is 0 Å². The highest BCUT2D eigenvalue weighted by atomic mass is 16.2. The van der Waals surface area contributed by atoms with E-state index in [2.05, 4.69) is 32.1 Å². The first-order chi connectivity index (χ1) is 5.33. The summed E-state index contributed by atoms with van der Waals surface area (Å²) in [5, 5.41) is 8.58. The molecule has 11 heavy (non-hydrogen) atoms. The zero-order valence-corrected chi connectivity index (χ0v) is 6.88. The van der Waals surface area contributed by atoms with Crippen LogP contribution in [0.3, 0.4) is 0 Å². The Morgan fingerprint density at radius 3 is 2.36 bits per heavy atom. The van der Waals surface area contributed by atoms with E-state index in [4.69, 9.17) is 5.11 Å². The van der Waals surface area contributed by atoms with Gasteiger partial charge in [0.05, 0.1) is 0 Å². The van der Waals surface area contributed by atoms with Crippen LogP contribution in [0.2, 0.25) is 0 Å². The van der Waals surface area contributed by atoms with Crippen LogP contribution in [0.5, 0.6) is 0 Å². The molecule has 0 aliphatic carbocycles. The zero-order chi connectivity index (χ0) is 8.10. The number of aliphatic hydroxyl groups is 1. The SMILES string of the molecule is Bc1ccc(CCCO)cc1. The largest absolute Gasteiger partial charge is 0.396 e. The molecule has 1 rings (SSSR count). The molecular weight excluding hydrogens is 135 g/mol. The smallest absolute Gasteiger partial charge is 0.139 e. The molecule has 0 aliphatic heterocycles. The first-order valence-electron chi connectivity index (χ1n) is 3.99. The molecule has 58 valence electrons. The number of rotatable bonds is 3. The molecule has 0 saturated carbocycles. The van der Waals surface area contributed by atoms with Crippen molar-refractivity contribution in [3.63, 3.8) is 0 Å². The summed E-state index contributed by atoms with van der Waals surface area (Å²) in [5.41, 5.74) is 2.60. The van der Waals surface area contributed by atoms with Gasteiger partial charge in [-0.1, -0.05) is 29.7 Å². The molecule has 1 aromatic rings. The van der Waals surface area contributed by atoms with E-state index in [9.17, 15) is 0 Å². The minimum atomic E-state index is 0.286. The molecule has 0 aromatic heterocycles. The van der Waals surface area contributed by atoms with Crippen LogP contribution in [0.1, 0.15) is 12.0 Å². The van der Waals surface area contributed by atoms with Crippen LogP contribution in [0.4, 0.5) is 0 Å². The average Bonchev–Trinajstić information content (AvgIpc) is 2.04. The fraction of sp³-hybridized carbons (Fsp3) is 0.333. The Morgan fingerprint density at radius 1 is 1.18 bits per heavy atom. The summed E-state index contributed by atoms with van der Waals surface area (Å²) < 4.78 is 0. The molecule has 1 nitrogen and oxygen atoms in total. The Balaban J connectivity index is 2.52. The second-order valence-electron chi connectivity index (χ2n) is 2.81. The number of aryl methyl sites for hydroxylation is 1. The second-order valence-corrected chi connectivity index (χ2v) is 2.81. The summed E-state index contributed by atoms with van der Waals surface area (Å²) in [6.07, 6.45) is 1.85. The maximum absolute atomic E-state index is 8.58. The molecule has 0 radical (unpaired) electrons. The van der Waals surface area contributed by atoms with Crippen molar-refractivity contribution in [2.75, 3.05) is 6.61 Å². The zero-order valence-electron chi connectivity index (χ0n) is 6.88. The molecule has 0 amide bonds. The Bertz CT molecular complexity index is 205. The Hall–Kier alpha value is -0.755. The summed E-state index contributed by atoms with van der Waals surface area (Å²) in [6, 6.07) is 8.44. The number of hydrogen-bond acceptors (Lipinski definition) is 1. The van der Waals surface area contributed by atoms with Gasteiger partial charge < -0.3 is 5.11 Å². The Labute approximate surface area is 68.5 Å². The monoisotopic (exact) mass is 148 g/mol. The third-order valence-corrected chi connectivity index (χ3v) is 1.74. The highest BCUT2D eigenvalue weighted by Gasteiger charge is 1.90. The van der Waals surface area contributed by atoms with E-state index in [-0.39, 0.29) is 6.61 Å². The van der Waals surface area contributed by atoms with Crippen molar-refractivity contribution in [1.82, 2.24) is 0 Å². The van der Waals surface area contributed by atoms with Crippen molar-refractivity contribution in [3.8, 4) is 0 Å². The molecule has 0 aliphatic rings. The molecule has 0 fully saturated rings. The minimum absolute atomic E-state index is 0.286. The van der Waals surface area contributed by atoms with Gasteiger partial charge in [0.15, 0.2) is 0 Å². The van der Waals surface area contributed by atoms with E-state index in [0.29, 0.717) is 0 Å². The molecule has 0 bridgehead atoms. The summed E-state index contributed by atoms with van der Waals surface area (Å²) in [7, 11) is 2.08. The molecule has 0 spiro atoms. The van der Waals surface area contributed by atoms with Gasteiger partial charge >= 0.3 is 0 Å². The van der Waals surface area contributed by atoms with E-state index in [1.165, 1.54) is 11.0 Å². The van der Waals surface area contributed by atoms with E-state index in [0.717, 1.165) is 12.8 Å². The lowest BCUT2D eigenvalue weighted by atomic mass is 9.94. The van der Waals surface area contributed by atoms with Gasteiger partial charge in [-0.15, -0.1) is 0 Å². The van der Waals surface area contributed by atoms with Crippen LogP contribution in [0.15, 0.2) is 24.3 Å². The van der Waals surface area contributed by atoms with Gasteiger partial charge in [0.25, 0.3) is 0 Å². The standard InChI is InChI=1S/C9H13BO/c10-9-5-3-8(4-6-9)2-1-7-11/h3-6,11H,1-2,7,10H2. The predicted molar refractivity (Wildman–Crippen MR) is 50.0 cm³/mol. The number of hydrogen-bond donors (Lipinski definition) is 1. The summed E-state index contributed by atoms with van der Waals surface area (Å²) in [4.78, 5) is 0. The number of aliphatic hydroxyl groups excluding tert-OH is 1. The lowest BCUT2D eigenvalue weighted by Crippen LogP contribution is -2.00. The molecule has 0 unspecified atom stereocenters. The van der Waals surface area contributed by atoms with E-state index >= 15 is 0 Å². The van der Waals surface area contributed by atoms with Gasteiger partial charge in [0, 0.05) is 6.61 Å². The highest BCUT2D eigenvalue weighted by Crippen LogP contribution is 1.99. The van der Waals surface area contributed by atoms with E-state index in [1.807, 2.05) is 0 Å². The summed E-state index contributed by atoms with van der Waals surface area (Å²) in [5.74, 6) is 0. The average molecular weight is 148 g/mol. The lowest BCUT2D eigenvalue weighted by molar-refractivity contribution is 0.288. The molecule has 0 saturated heterocycles. The van der Waals surface area contributed by atoms with Crippen molar-refractivity contribution >= 4 is 13.3 Å². The van der Waals surface area contributed by atoms with Crippen LogP contribution in [0.25, 0.3) is 0 Å². The quantitative estimate of drug-likeness (QED) is 0.592. The normalized spacial score (nSPS) is 9.91. The van der Waals surface area contributed by atoms with Gasteiger partial charge in [-0.05, 0) is 18.4 Å². The first kappa shape index (κ1) is 8.34. The van der Waals surface area contributed by atoms with Gasteiger partial charge in [0.2, 0.25) is 0 Å². The molecular formula is C9H13BO. The third kappa shape index (κ3) is 2.77. The summed E-state index contributed by atoms with van der Waals surface area (Å²) in [6.45, 7) is 0.286. The van der Waals surface area contributed by atoms with Gasteiger partial charge in [0.1, 0.15) is 7.85 Å². The van der Waals surface area contributed by atoms with Gasteiger partial charge in [-0.3, -0.25) is 0 Å². The molecule has 1 aromatic carbocycles. The second kappa shape index (κ2) is 4.19. The third-order valence-electron chi connectivity index (χ3n) is 1.74. The van der Waals surface area contributed by atoms with Crippen LogP contribution >= 0.6 is 0 Å². The fourth-order valence-corrected chi connectivity index (χ4v) is 1.04. The fourth-order valence-electron chi connectivity index (χ4n) is 1.04. The van der Waals surface area contributed by atoms with Crippen molar-refractivity contribution in [2.45, 2.75) is 12.8 Å². The summed E-state index contributed by atoms with van der Waals surface area (Å²) >= 11 is 0. The molecule has 0 heterocycles. The van der Waals surface area contributed by atoms with Crippen LogP contribution < -0.4 is 5.46 Å². The first-order valence-corrected chi connectivity index (χ1v) is 3.99. The number of benzene rings is 1. The van der Waals surface area contributed by atoms with Crippen molar-refractivity contribution < 1.29 is 5.11 Å². The van der Waals surface area contributed by atoms with Gasteiger partial charge in [-0.25, -0.2) is 0 Å². The van der Waals surface area contributed by atoms with Crippen LogP contribution in [-0.4, -0.2) is 19.6 Å². The van der Waals surface area contributed by atoms with Crippen LogP contribution in [0, 0.1) is 0 Å². The van der Waals surface area contributed by atoms with E-state index in [1.54, 1.807) is 0 Å². The lowest BCUT2D eigenvalue weighted by Gasteiger charge is -1.98. The predicted octanol–water partition coefficient (Wildman–Crippen LogP) is -0.130. The van der Waals surface area contributed by atoms with E-state index < -0.39 is 0 Å². The Kier molecular flexibility index (Phi) is 3.18. The Morgan fingerprint density at radius 2 is 1.82 bits per heavy atom. The molecule has 1 N–H and O–H groups in total.